The summed E-state index contributed by atoms with van der Waals surface area (Å²) in [6.45, 7) is 7.31. The molecule has 8 heteroatoms. The van der Waals surface area contributed by atoms with E-state index in [2.05, 4.69) is 5.32 Å². The van der Waals surface area contributed by atoms with Crippen LogP contribution in [-0.2, 0) is 26.2 Å². The number of amides is 2. The van der Waals surface area contributed by atoms with Crippen molar-refractivity contribution in [1.82, 2.24) is 10.2 Å². The molecule has 0 spiro atoms. The lowest BCUT2D eigenvalue weighted by Gasteiger charge is -2.32. The maximum Gasteiger partial charge on any atom is 0.264 e. The van der Waals surface area contributed by atoms with E-state index >= 15 is 0 Å². The summed E-state index contributed by atoms with van der Waals surface area (Å²) in [6, 6.07) is 20.6. The molecule has 0 bridgehead atoms. The van der Waals surface area contributed by atoms with Gasteiger partial charge in [-0.2, -0.15) is 0 Å². The quantitative estimate of drug-likeness (QED) is 0.365. The van der Waals surface area contributed by atoms with Gasteiger partial charge in [-0.25, -0.2) is 8.42 Å². The van der Waals surface area contributed by atoms with Gasteiger partial charge < -0.3 is 10.2 Å². The van der Waals surface area contributed by atoms with Crippen molar-refractivity contribution in [2.45, 2.75) is 76.9 Å². The lowest BCUT2D eigenvalue weighted by atomic mass is 10.1. The number of benzene rings is 3. The third kappa shape index (κ3) is 6.91. The van der Waals surface area contributed by atoms with Gasteiger partial charge in [0.1, 0.15) is 12.6 Å². The Bertz CT molecular complexity index is 1430. The van der Waals surface area contributed by atoms with Crippen LogP contribution in [0.3, 0.4) is 0 Å². The van der Waals surface area contributed by atoms with Crippen molar-refractivity contribution < 1.29 is 18.0 Å². The van der Waals surface area contributed by atoms with Crippen LogP contribution >= 0.6 is 0 Å². The lowest BCUT2D eigenvalue weighted by Crippen LogP contribution is -2.52. The Labute approximate surface area is 238 Å². The van der Waals surface area contributed by atoms with E-state index in [0.717, 1.165) is 52.2 Å². The molecule has 40 heavy (non-hydrogen) atoms. The third-order valence-electron chi connectivity index (χ3n) is 7.73. The summed E-state index contributed by atoms with van der Waals surface area (Å²) in [5.74, 6) is -0.677. The number of aryl methyl sites for hydroxylation is 3. The van der Waals surface area contributed by atoms with E-state index in [1.165, 1.54) is 17.0 Å². The van der Waals surface area contributed by atoms with E-state index in [9.17, 15) is 18.0 Å². The highest BCUT2D eigenvalue weighted by Crippen LogP contribution is 2.27. The molecular formula is C32H39N3O4S. The topological polar surface area (TPSA) is 86.8 Å². The van der Waals surface area contributed by atoms with Crippen LogP contribution in [0.1, 0.15) is 54.9 Å². The van der Waals surface area contributed by atoms with Gasteiger partial charge in [-0.1, -0.05) is 66.9 Å². The largest absolute Gasteiger partial charge is 0.352 e. The van der Waals surface area contributed by atoms with Crippen LogP contribution < -0.4 is 9.62 Å². The second-order valence-corrected chi connectivity index (χ2v) is 12.6. The molecule has 0 heterocycles. The average molecular weight is 562 g/mol. The van der Waals surface area contributed by atoms with Gasteiger partial charge in [-0.05, 0) is 81.5 Å². The Morgan fingerprint density at radius 3 is 2.17 bits per heavy atom. The molecule has 4 rings (SSSR count). The fraction of sp³-hybridized carbons (Fsp3) is 0.375. The van der Waals surface area contributed by atoms with Crippen molar-refractivity contribution in [1.29, 1.82) is 0 Å². The van der Waals surface area contributed by atoms with Crippen molar-refractivity contribution in [3.05, 3.63) is 95.1 Å². The molecular weight excluding hydrogens is 522 g/mol. The van der Waals surface area contributed by atoms with Crippen LogP contribution in [0, 0.1) is 20.8 Å². The lowest BCUT2D eigenvalue weighted by molar-refractivity contribution is -0.139. The summed E-state index contributed by atoms with van der Waals surface area (Å²) in [5, 5.41) is 3.10. The van der Waals surface area contributed by atoms with Crippen LogP contribution in [0.2, 0.25) is 0 Å². The van der Waals surface area contributed by atoms with Crippen LogP contribution in [0.25, 0.3) is 0 Å². The molecule has 1 aliphatic carbocycles. The normalized spacial score (nSPS) is 14.5. The predicted molar refractivity (Wildman–Crippen MR) is 158 cm³/mol. The minimum Gasteiger partial charge on any atom is -0.352 e. The number of nitrogens with one attached hydrogen (secondary N) is 1. The molecule has 0 aliphatic heterocycles. The smallest absolute Gasteiger partial charge is 0.264 e. The van der Waals surface area contributed by atoms with Crippen molar-refractivity contribution >= 4 is 27.5 Å². The fourth-order valence-corrected chi connectivity index (χ4v) is 6.42. The molecule has 1 fully saturated rings. The van der Waals surface area contributed by atoms with Gasteiger partial charge in [0.25, 0.3) is 10.0 Å². The number of hydrogen-bond donors (Lipinski definition) is 1. The molecule has 212 valence electrons. The second kappa shape index (κ2) is 12.7. The first kappa shape index (κ1) is 29.3. The highest BCUT2D eigenvalue weighted by atomic mass is 32.2. The molecule has 1 N–H and O–H groups in total. The van der Waals surface area contributed by atoms with Crippen molar-refractivity contribution in [2.75, 3.05) is 10.8 Å². The molecule has 1 atom stereocenters. The number of rotatable bonds is 10. The standard InChI is InChI=1S/C32H39N3O4S/c1-23-14-17-27(18-15-23)21-34(26(4)32(37)33-28-10-8-9-11-28)31(36)22-35(29-19-16-24(2)25(3)20-29)40(38,39)30-12-6-5-7-13-30/h5-7,12-20,26,28H,8-11,21-22H2,1-4H3,(H,33,37)/t26-/m1/s1. The number of hydrogen-bond acceptors (Lipinski definition) is 4. The average Bonchev–Trinajstić information content (AvgIpc) is 3.46. The zero-order valence-electron chi connectivity index (χ0n) is 23.8. The summed E-state index contributed by atoms with van der Waals surface area (Å²) in [4.78, 5) is 28.9. The van der Waals surface area contributed by atoms with Gasteiger partial charge in [-0.3, -0.25) is 13.9 Å². The highest BCUT2D eigenvalue weighted by molar-refractivity contribution is 7.92. The van der Waals surface area contributed by atoms with Crippen LogP contribution in [0.15, 0.2) is 77.7 Å². The van der Waals surface area contributed by atoms with Crippen LogP contribution in [-0.4, -0.2) is 43.8 Å². The van der Waals surface area contributed by atoms with Gasteiger partial charge >= 0.3 is 0 Å². The van der Waals surface area contributed by atoms with E-state index in [4.69, 9.17) is 0 Å². The van der Waals surface area contributed by atoms with Gasteiger partial charge in [0.15, 0.2) is 0 Å². The van der Waals surface area contributed by atoms with E-state index in [1.807, 2.05) is 51.1 Å². The van der Waals surface area contributed by atoms with Crippen molar-refractivity contribution in [2.24, 2.45) is 0 Å². The van der Waals surface area contributed by atoms with Crippen molar-refractivity contribution in [3.8, 4) is 0 Å². The number of anilines is 1. The monoisotopic (exact) mass is 561 g/mol. The van der Waals surface area contributed by atoms with E-state index in [0.29, 0.717) is 5.69 Å². The second-order valence-electron chi connectivity index (χ2n) is 10.8. The van der Waals surface area contributed by atoms with Gasteiger partial charge in [-0.15, -0.1) is 0 Å². The minimum absolute atomic E-state index is 0.0955. The van der Waals surface area contributed by atoms with Crippen molar-refractivity contribution in [3.63, 3.8) is 0 Å². The number of sulfonamides is 1. The fourth-order valence-electron chi connectivity index (χ4n) is 4.99. The SMILES string of the molecule is Cc1ccc(CN(C(=O)CN(c2ccc(C)c(C)c2)S(=O)(=O)c2ccccc2)[C@H](C)C(=O)NC2CCCC2)cc1. The molecule has 7 nitrogen and oxygen atoms in total. The molecule has 1 saturated carbocycles. The zero-order chi connectivity index (χ0) is 28.9. The molecule has 2 amide bonds. The maximum atomic E-state index is 14.1. The zero-order valence-corrected chi connectivity index (χ0v) is 24.6. The number of carbonyl (C=O) groups excluding carboxylic acids is 2. The first-order valence-electron chi connectivity index (χ1n) is 13.9. The number of carbonyl (C=O) groups is 2. The first-order chi connectivity index (χ1) is 19.1. The summed E-state index contributed by atoms with van der Waals surface area (Å²) >= 11 is 0. The molecule has 0 saturated heterocycles. The third-order valence-corrected chi connectivity index (χ3v) is 9.52. The Hall–Kier alpha value is -3.65. The number of nitrogens with zero attached hydrogens (tertiary/aromatic N) is 2. The summed E-state index contributed by atoms with van der Waals surface area (Å²) < 4.78 is 28.9. The molecule has 1 aliphatic rings. The molecule has 3 aromatic carbocycles. The first-order valence-corrected chi connectivity index (χ1v) is 15.3. The Morgan fingerprint density at radius 1 is 0.900 bits per heavy atom. The minimum atomic E-state index is -4.07. The van der Waals surface area contributed by atoms with Gasteiger partial charge in [0, 0.05) is 12.6 Å². The molecule has 3 aromatic rings. The predicted octanol–water partition coefficient (Wildman–Crippen LogP) is 5.28. The van der Waals surface area contributed by atoms with Gasteiger partial charge in [0.2, 0.25) is 11.8 Å². The summed E-state index contributed by atoms with van der Waals surface area (Å²) in [6.07, 6.45) is 4.02. The van der Waals surface area contributed by atoms with E-state index in [-0.39, 0.29) is 23.4 Å². The molecule has 0 radical (unpaired) electrons. The summed E-state index contributed by atoms with van der Waals surface area (Å²) in [7, 11) is -4.07. The van der Waals surface area contributed by atoms with Gasteiger partial charge in [0.05, 0.1) is 10.6 Å². The molecule has 0 unspecified atom stereocenters. The van der Waals surface area contributed by atoms with Crippen LogP contribution in [0.4, 0.5) is 5.69 Å². The van der Waals surface area contributed by atoms with E-state index < -0.39 is 28.5 Å². The summed E-state index contributed by atoms with van der Waals surface area (Å²) in [5.41, 5.74) is 4.29. The Morgan fingerprint density at radius 2 is 1.55 bits per heavy atom. The van der Waals surface area contributed by atoms with E-state index in [1.54, 1.807) is 37.3 Å². The Balaban J connectivity index is 1.69. The Kier molecular flexibility index (Phi) is 9.30. The maximum absolute atomic E-state index is 14.1. The molecule has 0 aromatic heterocycles. The highest BCUT2D eigenvalue weighted by Gasteiger charge is 2.33. The van der Waals surface area contributed by atoms with Crippen LogP contribution in [0.5, 0.6) is 0 Å².